The minimum atomic E-state index is 0.258. The molecule has 3 nitrogen and oxygen atoms in total. The van der Waals surface area contributed by atoms with Gasteiger partial charge in [0.25, 0.3) is 0 Å². The maximum absolute atomic E-state index is 5.81. The quantitative estimate of drug-likeness (QED) is 0.793. The summed E-state index contributed by atoms with van der Waals surface area (Å²) >= 11 is 0. The summed E-state index contributed by atoms with van der Waals surface area (Å²) in [6.45, 7) is 10.3. The van der Waals surface area contributed by atoms with E-state index in [1.54, 1.807) is 0 Å². The highest BCUT2D eigenvalue weighted by atomic mass is 16.5. The zero-order valence-electron chi connectivity index (χ0n) is 12.7. The summed E-state index contributed by atoms with van der Waals surface area (Å²) < 4.78 is 5.81. The van der Waals surface area contributed by atoms with E-state index in [2.05, 4.69) is 56.9 Å². The third-order valence-electron chi connectivity index (χ3n) is 3.86. The van der Waals surface area contributed by atoms with E-state index in [0.717, 1.165) is 24.4 Å². The van der Waals surface area contributed by atoms with E-state index in [-0.39, 0.29) is 12.2 Å². The van der Waals surface area contributed by atoms with Gasteiger partial charge in [-0.15, -0.1) is 0 Å². The van der Waals surface area contributed by atoms with Gasteiger partial charge in [0.2, 0.25) is 0 Å². The van der Waals surface area contributed by atoms with Crippen LogP contribution in [0.1, 0.15) is 25.0 Å². The number of rotatable bonds is 1. The zero-order chi connectivity index (χ0) is 14.3. The van der Waals surface area contributed by atoms with Crippen molar-refractivity contribution in [3.63, 3.8) is 0 Å². The van der Waals surface area contributed by atoms with Gasteiger partial charge < -0.3 is 9.64 Å². The predicted octanol–water partition coefficient (Wildman–Crippen LogP) is 3.47. The molecule has 1 aromatic carbocycles. The molecule has 3 heteroatoms. The smallest absolute Gasteiger partial charge is 0.132 e. The van der Waals surface area contributed by atoms with Crippen molar-refractivity contribution in [2.75, 3.05) is 18.0 Å². The molecule has 1 aliphatic rings. The SMILES string of the molecule is Cc1ccc2cc(C)c(N3C[C@@H](C)O[C@@H](C)C3)nc2c1. The molecule has 0 aliphatic carbocycles. The van der Waals surface area contributed by atoms with E-state index in [1.165, 1.54) is 16.5 Å². The topological polar surface area (TPSA) is 25.4 Å². The molecular formula is C17H22N2O. The van der Waals surface area contributed by atoms with E-state index in [4.69, 9.17) is 9.72 Å². The molecule has 0 unspecified atom stereocenters. The van der Waals surface area contributed by atoms with Crippen LogP contribution in [-0.2, 0) is 4.74 Å². The average molecular weight is 270 g/mol. The zero-order valence-corrected chi connectivity index (χ0v) is 12.7. The Bertz CT molecular complexity index is 628. The predicted molar refractivity (Wildman–Crippen MR) is 83.4 cm³/mol. The number of aryl methyl sites for hydroxylation is 2. The first-order valence-corrected chi connectivity index (χ1v) is 7.31. The van der Waals surface area contributed by atoms with Crippen LogP contribution in [0.3, 0.4) is 0 Å². The van der Waals surface area contributed by atoms with Crippen LogP contribution in [0.2, 0.25) is 0 Å². The maximum Gasteiger partial charge on any atom is 0.132 e. The highest BCUT2D eigenvalue weighted by Gasteiger charge is 2.24. The van der Waals surface area contributed by atoms with Crippen molar-refractivity contribution >= 4 is 16.7 Å². The molecule has 0 amide bonds. The summed E-state index contributed by atoms with van der Waals surface area (Å²) in [5.74, 6) is 1.10. The van der Waals surface area contributed by atoms with E-state index < -0.39 is 0 Å². The summed E-state index contributed by atoms with van der Waals surface area (Å²) in [6.07, 6.45) is 0.515. The number of benzene rings is 1. The Morgan fingerprint density at radius 3 is 2.50 bits per heavy atom. The lowest BCUT2D eigenvalue weighted by Crippen LogP contribution is -2.46. The fourth-order valence-electron chi connectivity index (χ4n) is 3.04. The van der Waals surface area contributed by atoms with Gasteiger partial charge in [-0.05, 0) is 51.0 Å². The number of hydrogen-bond donors (Lipinski definition) is 0. The van der Waals surface area contributed by atoms with Crippen molar-refractivity contribution in [1.82, 2.24) is 4.98 Å². The summed E-state index contributed by atoms with van der Waals surface area (Å²) in [5.41, 5.74) is 3.57. The molecule has 2 atom stereocenters. The highest BCUT2D eigenvalue weighted by molar-refractivity contribution is 5.82. The minimum Gasteiger partial charge on any atom is -0.372 e. The monoisotopic (exact) mass is 270 g/mol. The number of nitrogens with zero attached hydrogens (tertiary/aromatic N) is 2. The largest absolute Gasteiger partial charge is 0.372 e. The van der Waals surface area contributed by atoms with Gasteiger partial charge in [0.15, 0.2) is 0 Å². The molecule has 1 fully saturated rings. The Morgan fingerprint density at radius 2 is 1.80 bits per heavy atom. The third-order valence-corrected chi connectivity index (χ3v) is 3.86. The van der Waals surface area contributed by atoms with Crippen LogP contribution in [0.15, 0.2) is 24.3 Å². The molecule has 0 bridgehead atoms. The minimum absolute atomic E-state index is 0.258. The van der Waals surface area contributed by atoms with Gasteiger partial charge in [0.1, 0.15) is 5.82 Å². The number of morpholine rings is 1. The van der Waals surface area contributed by atoms with E-state index in [1.807, 2.05) is 0 Å². The molecule has 106 valence electrons. The van der Waals surface area contributed by atoms with Gasteiger partial charge in [-0.3, -0.25) is 0 Å². The van der Waals surface area contributed by atoms with Crippen LogP contribution in [-0.4, -0.2) is 30.3 Å². The molecule has 1 aliphatic heterocycles. The molecule has 3 rings (SSSR count). The molecule has 0 radical (unpaired) electrons. The van der Waals surface area contributed by atoms with Crippen molar-refractivity contribution in [2.24, 2.45) is 0 Å². The first kappa shape index (κ1) is 13.4. The average Bonchev–Trinajstić information content (AvgIpc) is 2.37. The molecule has 2 aromatic rings. The summed E-state index contributed by atoms with van der Waals surface area (Å²) in [4.78, 5) is 7.26. The maximum atomic E-state index is 5.81. The van der Waals surface area contributed by atoms with E-state index in [9.17, 15) is 0 Å². The lowest BCUT2D eigenvalue weighted by molar-refractivity contribution is -0.00547. The van der Waals surface area contributed by atoms with Crippen molar-refractivity contribution in [3.8, 4) is 0 Å². The molecule has 0 N–H and O–H groups in total. The highest BCUT2D eigenvalue weighted by Crippen LogP contribution is 2.26. The molecule has 1 saturated heterocycles. The molecule has 20 heavy (non-hydrogen) atoms. The fraction of sp³-hybridized carbons (Fsp3) is 0.471. The molecule has 2 heterocycles. The number of pyridine rings is 1. The van der Waals surface area contributed by atoms with Gasteiger partial charge in [-0.25, -0.2) is 4.98 Å². The van der Waals surface area contributed by atoms with Gasteiger partial charge in [-0.2, -0.15) is 0 Å². The number of fused-ring (bicyclic) bond motifs is 1. The first-order chi connectivity index (χ1) is 9.52. The Balaban J connectivity index is 2.04. The number of anilines is 1. The van der Waals surface area contributed by atoms with Crippen LogP contribution in [0.5, 0.6) is 0 Å². The number of aromatic nitrogens is 1. The van der Waals surface area contributed by atoms with Gasteiger partial charge in [0.05, 0.1) is 17.7 Å². The Hall–Kier alpha value is -1.61. The van der Waals surface area contributed by atoms with Crippen LogP contribution >= 0.6 is 0 Å². The van der Waals surface area contributed by atoms with E-state index >= 15 is 0 Å². The summed E-state index contributed by atoms with van der Waals surface area (Å²) in [7, 11) is 0. The molecular weight excluding hydrogens is 248 g/mol. The van der Waals surface area contributed by atoms with Gasteiger partial charge >= 0.3 is 0 Å². The molecule has 0 spiro atoms. The van der Waals surface area contributed by atoms with Crippen LogP contribution in [0, 0.1) is 13.8 Å². The second-order valence-electron chi connectivity index (χ2n) is 5.99. The second kappa shape index (κ2) is 5.06. The Labute approximate surface area is 120 Å². The van der Waals surface area contributed by atoms with Crippen LogP contribution in [0.25, 0.3) is 10.9 Å². The standard InChI is InChI=1S/C17H22N2O/c1-11-5-6-15-8-12(2)17(18-16(15)7-11)19-9-13(3)20-14(4)10-19/h5-8,13-14H,9-10H2,1-4H3/t13-,14+. The molecule has 0 saturated carbocycles. The third kappa shape index (κ3) is 2.50. The van der Waals surface area contributed by atoms with Crippen LogP contribution < -0.4 is 4.90 Å². The first-order valence-electron chi connectivity index (χ1n) is 7.31. The second-order valence-corrected chi connectivity index (χ2v) is 5.99. The normalized spacial score (nSPS) is 23.3. The fourth-order valence-corrected chi connectivity index (χ4v) is 3.04. The summed E-state index contributed by atoms with van der Waals surface area (Å²) in [5, 5.41) is 1.21. The van der Waals surface area contributed by atoms with E-state index in [0.29, 0.717) is 0 Å². The van der Waals surface area contributed by atoms with Crippen molar-refractivity contribution < 1.29 is 4.74 Å². The van der Waals surface area contributed by atoms with Crippen molar-refractivity contribution in [1.29, 1.82) is 0 Å². The molecule has 1 aromatic heterocycles. The number of hydrogen-bond acceptors (Lipinski definition) is 3. The van der Waals surface area contributed by atoms with Crippen molar-refractivity contribution in [2.45, 2.75) is 39.9 Å². The Morgan fingerprint density at radius 1 is 1.10 bits per heavy atom. The van der Waals surface area contributed by atoms with Gasteiger partial charge in [-0.1, -0.05) is 12.1 Å². The van der Waals surface area contributed by atoms with Crippen molar-refractivity contribution in [3.05, 3.63) is 35.4 Å². The number of ether oxygens (including phenoxy) is 1. The van der Waals surface area contributed by atoms with Crippen LogP contribution in [0.4, 0.5) is 5.82 Å². The lowest BCUT2D eigenvalue weighted by atomic mass is 10.1. The summed E-state index contributed by atoms with van der Waals surface area (Å²) in [6, 6.07) is 8.69. The van der Waals surface area contributed by atoms with Gasteiger partial charge in [0, 0.05) is 18.5 Å². The lowest BCUT2D eigenvalue weighted by Gasteiger charge is -2.36. The Kier molecular flexibility index (Phi) is 3.38.